The van der Waals surface area contributed by atoms with Crippen LogP contribution in [0.25, 0.3) is 0 Å². The van der Waals surface area contributed by atoms with Crippen molar-refractivity contribution in [2.75, 3.05) is 13.2 Å². The van der Waals surface area contributed by atoms with Gasteiger partial charge in [-0.05, 0) is 50.2 Å². The summed E-state index contributed by atoms with van der Waals surface area (Å²) in [6.45, 7) is 3.82. The van der Waals surface area contributed by atoms with Gasteiger partial charge in [0.05, 0.1) is 12.2 Å². The van der Waals surface area contributed by atoms with Crippen molar-refractivity contribution in [3.63, 3.8) is 0 Å². The Morgan fingerprint density at radius 2 is 2.21 bits per heavy atom. The van der Waals surface area contributed by atoms with E-state index in [4.69, 9.17) is 15.2 Å². The zero-order valence-electron chi connectivity index (χ0n) is 11.6. The molecule has 3 atom stereocenters. The number of ether oxygens (including phenoxy) is 2. The fourth-order valence-electron chi connectivity index (χ4n) is 3.31. The van der Waals surface area contributed by atoms with Gasteiger partial charge in [0.2, 0.25) is 0 Å². The normalized spacial score (nSPS) is 31.6. The van der Waals surface area contributed by atoms with Gasteiger partial charge in [-0.1, -0.05) is 18.2 Å². The Morgan fingerprint density at radius 3 is 3.00 bits per heavy atom. The monoisotopic (exact) mass is 261 g/mol. The maximum atomic E-state index is 6.44. The van der Waals surface area contributed by atoms with Gasteiger partial charge >= 0.3 is 0 Å². The lowest BCUT2D eigenvalue weighted by atomic mass is 9.81. The molecule has 0 aliphatic carbocycles. The van der Waals surface area contributed by atoms with Crippen LogP contribution in [0.3, 0.4) is 0 Å². The van der Waals surface area contributed by atoms with Crippen LogP contribution in [0.1, 0.15) is 44.1 Å². The second-order valence-corrected chi connectivity index (χ2v) is 5.98. The predicted molar refractivity (Wildman–Crippen MR) is 75.5 cm³/mol. The van der Waals surface area contributed by atoms with Crippen molar-refractivity contribution in [2.45, 2.75) is 50.2 Å². The number of hydrogen-bond acceptors (Lipinski definition) is 3. The van der Waals surface area contributed by atoms with Gasteiger partial charge in [-0.3, -0.25) is 0 Å². The van der Waals surface area contributed by atoms with E-state index in [1.807, 2.05) is 6.07 Å². The van der Waals surface area contributed by atoms with E-state index in [0.717, 1.165) is 44.6 Å². The van der Waals surface area contributed by atoms with Gasteiger partial charge in [0.15, 0.2) is 0 Å². The second kappa shape index (κ2) is 5.14. The molecule has 2 heterocycles. The molecule has 3 nitrogen and oxygen atoms in total. The third kappa shape index (κ3) is 2.49. The van der Waals surface area contributed by atoms with Crippen molar-refractivity contribution in [3.05, 3.63) is 29.8 Å². The second-order valence-electron chi connectivity index (χ2n) is 5.98. The summed E-state index contributed by atoms with van der Waals surface area (Å²) in [7, 11) is 0. The summed E-state index contributed by atoms with van der Waals surface area (Å²) >= 11 is 0. The van der Waals surface area contributed by atoms with E-state index < -0.39 is 0 Å². The molecule has 3 unspecified atom stereocenters. The highest BCUT2D eigenvalue weighted by Crippen LogP contribution is 2.39. The minimum atomic E-state index is -0.132. The highest BCUT2D eigenvalue weighted by Gasteiger charge is 2.38. The molecule has 2 aliphatic heterocycles. The number of para-hydroxylation sites is 1. The minimum Gasteiger partial charge on any atom is -0.493 e. The van der Waals surface area contributed by atoms with E-state index in [1.54, 1.807) is 0 Å². The number of hydrogen-bond donors (Lipinski definition) is 1. The van der Waals surface area contributed by atoms with E-state index in [-0.39, 0.29) is 11.6 Å². The molecule has 0 spiro atoms. The van der Waals surface area contributed by atoms with Gasteiger partial charge in [0.25, 0.3) is 0 Å². The first kappa shape index (κ1) is 12.9. The summed E-state index contributed by atoms with van der Waals surface area (Å²) in [4.78, 5) is 0. The standard InChI is InChI=1S/C16H23NO2/c1-16(8-4-9-19-16)15(17)11-12-7-10-18-14-6-3-2-5-13(12)14/h2-3,5-6,12,15H,4,7-11,17H2,1H3. The molecule has 0 radical (unpaired) electrons. The third-order valence-electron chi connectivity index (χ3n) is 4.65. The molecule has 1 aromatic rings. The minimum absolute atomic E-state index is 0.103. The molecule has 3 rings (SSSR count). The maximum Gasteiger partial charge on any atom is 0.122 e. The first-order chi connectivity index (χ1) is 9.19. The first-order valence-electron chi connectivity index (χ1n) is 7.30. The van der Waals surface area contributed by atoms with E-state index in [2.05, 4.69) is 25.1 Å². The summed E-state index contributed by atoms with van der Waals surface area (Å²) in [5, 5.41) is 0. The molecule has 0 saturated carbocycles. The highest BCUT2D eigenvalue weighted by molar-refractivity contribution is 5.37. The Hall–Kier alpha value is -1.06. The number of nitrogens with two attached hydrogens (primary N) is 1. The van der Waals surface area contributed by atoms with Crippen molar-refractivity contribution in [1.82, 2.24) is 0 Å². The third-order valence-corrected chi connectivity index (χ3v) is 4.65. The zero-order valence-corrected chi connectivity index (χ0v) is 11.6. The molecule has 1 saturated heterocycles. The van der Waals surface area contributed by atoms with Crippen molar-refractivity contribution in [3.8, 4) is 5.75 Å². The van der Waals surface area contributed by atoms with Gasteiger partial charge in [-0.25, -0.2) is 0 Å². The zero-order chi connectivity index (χ0) is 13.3. The number of rotatable bonds is 3. The van der Waals surface area contributed by atoms with Gasteiger partial charge in [0.1, 0.15) is 5.75 Å². The summed E-state index contributed by atoms with van der Waals surface area (Å²) in [6.07, 6.45) is 4.26. The smallest absolute Gasteiger partial charge is 0.122 e. The van der Waals surface area contributed by atoms with Crippen molar-refractivity contribution >= 4 is 0 Å². The molecule has 1 fully saturated rings. The van der Waals surface area contributed by atoms with Crippen LogP contribution in [0.4, 0.5) is 0 Å². The van der Waals surface area contributed by atoms with Gasteiger partial charge in [-0.15, -0.1) is 0 Å². The molecule has 3 heteroatoms. The van der Waals surface area contributed by atoms with Crippen LogP contribution in [-0.4, -0.2) is 24.9 Å². The van der Waals surface area contributed by atoms with Crippen molar-refractivity contribution < 1.29 is 9.47 Å². The van der Waals surface area contributed by atoms with Gasteiger partial charge < -0.3 is 15.2 Å². The summed E-state index contributed by atoms with van der Waals surface area (Å²) < 4.78 is 11.6. The lowest BCUT2D eigenvalue weighted by molar-refractivity contribution is -0.00564. The van der Waals surface area contributed by atoms with Crippen LogP contribution in [-0.2, 0) is 4.74 Å². The Bertz CT molecular complexity index is 440. The van der Waals surface area contributed by atoms with E-state index in [0.29, 0.717) is 5.92 Å². The SMILES string of the molecule is CC1(C(N)CC2CCOc3ccccc32)CCCO1. The summed E-state index contributed by atoms with van der Waals surface area (Å²) in [5.41, 5.74) is 7.61. The van der Waals surface area contributed by atoms with Gasteiger partial charge in [-0.2, -0.15) is 0 Å². The lowest BCUT2D eigenvalue weighted by Crippen LogP contribution is -2.46. The molecule has 2 aliphatic rings. The van der Waals surface area contributed by atoms with Crippen LogP contribution in [0.2, 0.25) is 0 Å². The molecular formula is C16H23NO2. The van der Waals surface area contributed by atoms with Crippen LogP contribution in [0, 0.1) is 0 Å². The Kier molecular flexibility index (Phi) is 3.50. The Balaban J connectivity index is 1.74. The molecular weight excluding hydrogens is 238 g/mol. The average Bonchev–Trinajstić information content (AvgIpc) is 2.87. The lowest BCUT2D eigenvalue weighted by Gasteiger charge is -2.35. The molecule has 1 aromatic carbocycles. The van der Waals surface area contributed by atoms with Crippen molar-refractivity contribution in [2.24, 2.45) is 5.73 Å². The molecule has 2 N–H and O–H groups in total. The van der Waals surface area contributed by atoms with Gasteiger partial charge in [0, 0.05) is 12.6 Å². The quantitative estimate of drug-likeness (QED) is 0.910. The number of benzene rings is 1. The van der Waals surface area contributed by atoms with E-state index >= 15 is 0 Å². The van der Waals surface area contributed by atoms with Crippen LogP contribution in [0.5, 0.6) is 5.75 Å². The largest absolute Gasteiger partial charge is 0.493 e. The fraction of sp³-hybridized carbons (Fsp3) is 0.625. The van der Waals surface area contributed by atoms with E-state index in [9.17, 15) is 0 Å². The van der Waals surface area contributed by atoms with E-state index in [1.165, 1.54) is 5.56 Å². The fourth-order valence-corrected chi connectivity index (χ4v) is 3.31. The maximum absolute atomic E-state index is 6.44. The predicted octanol–water partition coefficient (Wildman–Crippen LogP) is 2.84. The highest BCUT2D eigenvalue weighted by atomic mass is 16.5. The average molecular weight is 261 g/mol. The topological polar surface area (TPSA) is 44.5 Å². The summed E-state index contributed by atoms with van der Waals surface area (Å²) in [6, 6.07) is 8.44. The van der Waals surface area contributed by atoms with Crippen LogP contribution >= 0.6 is 0 Å². The molecule has 0 amide bonds. The number of fused-ring (bicyclic) bond motifs is 1. The molecule has 104 valence electrons. The Labute approximate surface area is 115 Å². The molecule has 19 heavy (non-hydrogen) atoms. The van der Waals surface area contributed by atoms with Crippen LogP contribution in [0.15, 0.2) is 24.3 Å². The molecule has 0 bridgehead atoms. The summed E-state index contributed by atoms with van der Waals surface area (Å²) in [5.74, 6) is 1.53. The first-order valence-corrected chi connectivity index (χ1v) is 7.30. The van der Waals surface area contributed by atoms with Crippen molar-refractivity contribution in [1.29, 1.82) is 0 Å². The van der Waals surface area contributed by atoms with Crippen LogP contribution < -0.4 is 10.5 Å². The molecule has 0 aromatic heterocycles. The Morgan fingerprint density at radius 1 is 1.37 bits per heavy atom.